The molecule has 1 heterocycles. The van der Waals surface area contributed by atoms with Gasteiger partial charge in [-0.1, -0.05) is 0 Å². The Labute approximate surface area is 116 Å². The average molecular weight is 283 g/mol. The van der Waals surface area contributed by atoms with E-state index in [9.17, 15) is 14.3 Å². The van der Waals surface area contributed by atoms with Gasteiger partial charge in [0.05, 0.1) is 24.3 Å². The second-order valence-corrected chi connectivity index (χ2v) is 4.83. The number of rotatable bonds is 5. The number of ketones is 1. The van der Waals surface area contributed by atoms with Gasteiger partial charge in [0.1, 0.15) is 11.6 Å². The first-order chi connectivity index (χ1) is 9.55. The quantitative estimate of drug-likeness (QED) is 0.819. The van der Waals surface area contributed by atoms with E-state index in [0.29, 0.717) is 13.1 Å². The lowest BCUT2D eigenvalue weighted by molar-refractivity contribution is -0.00461. The summed E-state index contributed by atoms with van der Waals surface area (Å²) in [5.74, 6) is -1.08. The van der Waals surface area contributed by atoms with Crippen molar-refractivity contribution >= 4 is 5.78 Å². The molecule has 20 heavy (non-hydrogen) atoms. The van der Waals surface area contributed by atoms with Gasteiger partial charge in [-0.25, -0.2) is 4.39 Å². The Morgan fingerprint density at radius 1 is 1.35 bits per heavy atom. The Balaban J connectivity index is 2.04. The summed E-state index contributed by atoms with van der Waals surface area (Å²) in [6.45, 7) is 1.23. The lowest BCUT2D eigenvalue weighted by Gasteiger charge is -2.14. The fourth-order valence-corrected chi connectivity index (χ4v) is 2.42. The van der Waals surface area contributed by atoms with Crippen molar-refractivity contribution in [3.8, 4) is 5.75 Å². The maximum absolute atomic E-state index is 13.1. The van der Waals surface area contributed by atoms with Crippen LogP contribution in [-0.4, -0.2) is 61.9 Å². The molecule has 0 spiro atoms. The highest BCUT2D eigenvalue weighted by molar-refractivity contribution is 6.00. The highest BCUT2D eigenvalue weighted by Gasteiger charge is 2.34. The average Bonchev–Trinajstić information content (AvgIpc) is 2.83. The molecule has 1 aliphatic rings. The molecule has 5 nitrogen and oxygen atoms in total. The van der Waals surface area contributed by atoms with Crippen molar-refractivity contribution in [2.24, 2.45) is 0 Å². The van der Waals surface area contributed by atoms with Crippen molar-refractivity contribution in [1.29, 1.82) is 0 Å². The SMILES string of the molecule is COC1CN(CC(=O)c2cc(F)ccc2O)CC1OC. The predicted molar refractivity (Wildman–Crippen MR) is 70.4 cm³/mol. The Kier molecular flexibility index (Phi) is 4.69. The summed E-state index contributed by atoms with van der Waals surface area (Å²) < 4.78 is 23.7. The Bertz CT molecular complexity index is 482. The number of carbonyl (C=O) groups is 1. The summed E-state index contributed by atoms with van der Waals surface area (Å²) in [5, 5.41) is 9.62. The number of ether oxygens (including phenoxy) is 2. The third kappa shape index (κ3) is 3.15. The van der Waals surface area contributed by atoms with Crippen molar-refractivity contribution in [2.75, 3.05) is 33.9 Å². The van der Waals surface area contributed by atoms with Crippen molar-refractivity contribution < 1.29 is 23.8 Å². The molecule has 1 fully saturated rings. The second kappa shape index (κ2) is 6.30. The van der Waals surface area contributed by atoms with Gasteiger partial charge in [0.15, 0.2) is 5.78 Å². The highest BCUT2D eigenvalue weighted by Crippen LogP contribution is 2.21. The fourth-order valence-electron chi connectivity index (χ4n) is 2.42. The molecule has 6 heteroatoms. The van der Waals surface area contributed by atoms with Crippen LogP contribution in [0.2, 0.25) is 0 Å². The van der Waals surface area contributed by atoms with Crippen LogP contribution in [0.3, 0.4) is 0 Å². The molecule has 0 amide bonds. The van der Waals surface area contributed by atoms with Crippen LogP contribution >= 0.6 is 0 Å². The zero-order valence-corrected chi connectivity index (χ0v) is 11.5. The molecule has 1 aliphatic heterocycles. The van der Waals surface area contributed by atoms with Gasteiger partial charge in [-0.3, -0.25) is 9.69 Å². The number of hydrogen-bond donors (Lipinski definition) is 1. The minimum Gasteiger partial charge on any atom is -0.507 e. The predicted octanol–water partition coefficient (Wildman–Crippen LogP) is 1.06. The van der Waals surface area contributed by atoms with Crippen LogP contribution in [0, 0.1) is 5.82 Å². The van der Waals surface area contributed by atoms with E-state index in [4.69, 9.17) is 9.47 Å². The van der Waals surface area contributed by atoms with Crippen LogP contribution in [0.4, 0.5) is 4.39 Å². The highest BCUT2D eigenvalue weighted by atomic mass is 19.1. The number of nitrogens with zero attached hydrogens (tertiary/aromatic N) is 1. The van der Waals surface area contributed by atoms with Crippen molar-refractivity contribution in [3.05, 3.63) is 29.6 Å². The lowest BCUT2D eigenvalue weighted by atomic mass is 10.1. The van der Waals surface area contributed by atoms with Crippen LogP contribution < -0.4 is 0 Å². The van der Waals surface area contributed by atoms with Gasteiger partial charge >= 0.3 is 0 Å². The zero-order chi connectivity index (χ0) is 14.7. The minimum atomic E-state index is -0.544. The van der Waals surface area contributed by atoms with Crippen molar-refractivity contribution in [3.63, 3.8) is 0 Å². The normalized spacial score (nSPS) is 23.1. The van der Waals surface area contributed by atoms with E-state index >= 15 is 0 Å². The molecule has 110 valence electrons. The Morgan fingerprint density at radius 3 is 2.50 bits per heavy atom. The van der Waals surface area contributed by atoms with Crippen molar-refractivity contribution in [2.45, 2.75) is 12.2 Å². The van der Waals surface area contributed by atoms with Gasteiger partial charge in [0.2, 0.25) is 0 Å². The molecule has 1 aromatic rings. The number of halogens is 1. The van der Waals surface area contributed by atoms with Crippen LogP contribution in [-0.2, 0) is 9.47 Å². The van der Waals surface area contributed by atoms with Crippen LogP contribution in [0.15, 0.2) is 18.2 Å². The number of phenolic OH excluding ortho intramolecular Hbond substituents is 1. The number of aromatic hydroxyl groups is 1. The zero-order valence-electron chi connectivity index (χ0n) is 11.5. The van der Waals surface area contributed by atoms with E-state index in [1.165, 1.54) is 6.07 Å². The standard InChI is InChI=1S/C14H18FNO4/c1-19-13-7-16(8-14(13)20-2)6-12(18)10-5-9(15)3-4-11(10)17/h3-5,13-14,17H,6-8H2,1-2H3. The number of methoxy groups -OCH3 is 2. The van der Waals surface area contributed by atoms with E-state index in [1.54, 1.807) is 14.2 Å². The maximum Gasteiger partial charge on any atom is 0.180 e. The summed E-state index contributed by atoms with van der Waals surface area (Å²) >= 11 is 0. The molecule has 2 rings (SSSR count). The lowest BCUT2D eigenvalue weighted by Crippen LogP contribution is -2.29. The molecule has 1 N–H and O–H groups in total. The van der Waals surface area contributed by atoms with Gasteiger partial charge in [0, 0.05) is 27.3 Å². The van der Waals surface area contributed by atoms with Gasteiger partial charge < -0.3 is 14.6 Å². The van der Waals surface area contributed by atoms with E-state index < -0.39 is 5.82 Å². The van der Waals surface area contributed by atoms with E-state index in [1.807, 2.05) is 4.90 Å². The molecule has 0 radical (unpaired) electrons. The molecule has 0 aromatic heterocycles. The molecule has 0 bridgehead atoms. The molecule has 1 aromatic carbocycles. The summed E-state index contributed by atoms with van der Waals surface area (Å²) in [7, 11) is 3.20. The maximum atomic E-state index is 13.1. The van der Waals surface area contributed by atoms with Gasteiger partial charge in [0.25, 0.3) is 0 Å². The monoisotopic (exact) mass is 283 g/mol. The summed E-state index contributed by atoms with van der Waals surface area (Å²) in [5.41, 5.74) is -0.000154. The first kappa shape index (κ1) is 14.9. The second-order valence-electron chi connectivity index (χ2n) is 4.83. The first-order valence-electron chi connectivity index (χ1n) is 6.34. The largest absolute Gasteiger partial charge is 0.507 e. The third-order valence-corrected chi connectivity index (χ3v) is 3.52. The molecule has 0 saturated carbocycles. The molecular formula is C14H18FNO4. The Hall–Kier alpha value is -1.50. The topological polar surface area (TPSA) is 59.0 Å². The van der Waals surface area contributed by atoms with Crippen LogP contribution in [0.1, 0.15) is 10.4 Å². The van der Waals surface area contributed by atoms with E-state index in [0.717, 1.165) is 12.1 Å². The van der Waals surface area contributed by atoms with Crippen LogP contribution in [0.25, 0.3) is 0 Å². The smallest absolute Gasteiger partial charge is 0.180 e. The molecule has 2 unspecified atom stereocenters. The number of hydrogen-bond acceptors (Lipinski definition) is 5. The third-order valence-electron chi connectivity index (χ3n) is 3.52. The van der Waals surface area contributed by atoms with Gasteiger partial charge in [-0.05, 0) is 18.2 Å². The molecule has 1 saturated heterocycles. The summed E-state index contributed by atoms with van der Waals surface area (Å²) in [6, 6.07) is 3.35. The summed E-state index contributed by atoms with van der Waals surface area (Å²) in [6.07, 6.45) is -0.178. The summed E-state index contributed by atoms with van der Waals surface area (Å²) in [4.78, 5) is 14.0. The number of phenols is 1. The Morgan fingerprint density at radius 2 is 1.95 bits per heavy atom. The number of Topliss-reactive ketones (excluding diaryl/α,β-unsaturated/α-hetero) is 1. The molecule has 0 aliphatic carbocycles. The number of carbonyl (C=O) groups excluding carboxylic acids is 1. The number of benzene rings is 1. The van der Waals surface area contributed by atoms with Crippen molar-refractivity contribution in [1.82, 2.24) is 4.90 Å². The van der Waals surface area contributed by atoms with Crippen LogP contribution in [0.5, 0.6) is 5.75 Å². The first-order valence-corrected chi connectivity index (χ1v) is 6.34. The molecule has 2 atom stereocenters. The fraction of sp³-hybridized carbons (Fsp3) is 0.500. The van der Waals surface area contributed by atoms with Gasteiger partial charge in [-0.15, -0.1) is 0 Å². The van der Waals surface area contributed by atoms with E-state index in [2.05, 4.69) is 0 Å². The minimum absolute atomic E-state index is 0.000154. The van der Waals surface area contributed by atoms with E-state index in [-0.39, 0.29) is 35.8 Å². The number of likely N-dealkylation sites (tertiary alicyclic amines) is 1. The van der Waals surface area contributed by atoms with Gasteiger partial charge in [-0.2, -0.15) is 0 Å². The molecular weight excluding hydrogens is 265 g/mol.